The maximum atomic E-state index is 11.8. The Bertz CT molecular complexity index is 419. The Morgan fingerprint density at radius 3 is 2.83 bits per heavy atom. The lowest BCUT2D eigenvalue weighted by Gasteiger charge is -2.09. The number of carbonyl (C=O) groups is 1. The van der Waals surface area contributed by atoms with Crippen molar-refractivity contribution in [2.75, 3.05) is 26.4 Å². The maximum absolute atomic E-state index is 11.8. The van der Waals surface area contributed by atoms with Crippen LogP contribution in [0.3, 0.4) is 0 Å². The largest absolute Gasteiger partial charge is 0.490 e. The van der Waals surface area contributed by atoms with Crippen molar-refractivity contribution in [2.24, 2.45) is 0 Å². The van der Waals surface area contributed by atoms with E-state index in [4.69, 9.17) is 14.6 Å². The quantitative estimate of drug-likeness (QED) is 0.782. The van der Waals surface area contributed by atoms with Crippen LogP contribution in [0.15, 0.2) is 18.2 Å². The molecule has 0 aromatic heterocycles. The molecule has 0 unspecified atom stereocenters. The van der Waals surface area contributed by atoms with Gasteiger partial charge in [-0.2, -0.15) is 0 Å². The first-order valence-corrected chi connectivity index (χ1v) is 6.10. The fourth-order valence-electron chi connectivity index (χ4n) is 1.69. The molecule has 1 aromatic rings. The summed E-state index contributed by atoms with van der Waals surface area (Å²) in [6, 6.07) is 5.15. The summed E-state index contributed by atoms with van der Waals surface area (Å²) in [6.45, 7) is 1.77. The Labute approximate surface area is 106 Å². The SMILES string of the molecule is O=C(NCCCO)c1ccc2c(c1)OCCCO2. The number of hydrogen-bond acceptors (Lipinski definition) is 4. The molecule has 0 saturated carbocycles. The van der Waals surface area contributed by atoms with Gasteiger partial charge in [-0.3, -0.25) is 4.79 Å². The molecule has 18 heavy (non-hydrogen) atoms. The van der Waals surface area contributed by atoms with Gasteiger partial charge in [0.2, 0.25) is 0 Å². The van der Waals surface area contributed by atoms with Gasteiger partial charge >= 0.3 is 0 Å². The normalized spacial score (nSPS) is 13.8. The van der Waals surface area contributed by atoms with Crippen LogP contribution in [-0.4, -0.2) is 37.4 Å². The van der Waals surface area contributed by atoms with Gasteiger partial charge in [-0.25, -0.2) is 0 Å². The van der Waals surface area contributed by atoms with Crippen LogP contribution < -0.4 is 14.8 Å². The minimum absolute atomic E-state index is 0.0709. The van der Waals surface area contributed by atoms with E-state index in [-0.39, 0.29) is 12.5 Å². The monoisotopic (exact) mass is 251 g/mol. The number of aliphatic hydroxyl groups excluding tert-OH is 1. The van der Waals surface area contributed by atoms with Crippen LogP contribution in [0.1, 0.15) is 23.2 Å². The number of ether oxygens (including phenoxy) is 2. The Morgan fingerprint density at radius 1 is 1.28 bits per heavy atom. The van der Waals surface area contributed by atoms with E-state index < -0.39 is 0 Å². The Hall–Kier alpha value is -1.75. The highest BCUT2D eigenvalue weighted by molar-refractivity contribution is 5.94. The highest BCUT2D eigenvalue weighted by atomic mass is 16.5. The van der Waals surface area contributed by atoms with Gasteiger partial charge in [-0.1, -0.05) is 0 Å². The third-order valence-corrected chi connectivity index (χ3v) is 2.63. The molecule has 0 radical (unpaired) electrons. The second-order valence-electron chi connectivity index (χ2n) is 4.05. The van der Waals surface area contributed by atoms with Gasteiger partial charge in [0, 0.05) is 25.1 Å². The summed E-state index contributed by atoms with van der Waals surface area (Å²) in [5.41, 5.74) is 0.539. The Morgan fingerprint density at radius 2 is 2.06 bits per heavy atom. The molecule has 0 bridgehead atoms. The van der Waals surface area contributed by atoms with Crippen LogP contribution >= 0.6 is 0 Å². The van der Waals surface area contributed by atoms with Crippen LogP contribution in [0.25, 0.3) is 0 Å². The molecule has 5 nitrogen and oxygen atoms in total. The van der Waals surface area contributed by atoms with E-state index in [1.165, 1.54) is 0 Å². The molecule has 0 aliphatic carbocycles. The predicted molar refractivity (Wildman–Crippen MR) is 66.1 cm³/mol. The lowest BCUT2D eigenvalue weighted by molar-refractivity contribution is 0.0950. The maximum Gasteiger partial charge on any atom is 0.251 e. The molecule has 2 rings (SSSR count). The summed E-state index contributed by atoms with van der Waals surface area (Å²) in [7, 11) is 0. The molecule has 5 heteroatoms. The van der Waals surface area contributed by atoms with Crippen molar-refractivity contribution in [2.45, 2.75) is 12.8 Å². The van der Waals surface area contributed by atoms with Crippen molar-refractivity contribution in [3.8, 4) is 11.5 Å². The fourth-order valence-corrected chi connectivity index (χ4v) is 1.69. The number of hydrogen-bond donors (Lipinski definition) is 2. The van der Waals surface area contributed by atoms with Gasteiger partial charge in [0.05, 0.1) is 13.2 Å². The van der Waals surface area contributed by atoms with Gasteiger partial charge in [0.1, 0.15) is 0 Å². The van der Waals surface area contributed by atoms with Gasteiger partial charge in [-0.05, 0) is 24.6 Å². The summed E-state index contributed by atoms with van der Waals surface area (Å²) >= 11 is 0. The van der Waals surface area contributed by atoms with Crippen molar-refractivity contribution in [3.63, 3.8) is 0 Å². The van der Waals surface area contributed by atoms with Gasteiger partial charge in [0.25, 0.3) is 5.91 Å². The standard InChI is InChI=1S/C13H17NO4/c15-6-1-5-14-13(16)10-3-4-11-12(9-10)18-8-2-7-17-11/h3-4,9,15H,1-2,5-8H2,(H,14,16). The lowest BCUT2D eigenvalue weighted by atomic mass is 10.2. The number of benzene rings is 1. The molecular formula is C13H17NO4. The first kappa shape index (κ1) is 12.7. The second kappa shape index (κ2) is 6.26. The molecular weight excluding hydrogens is 234 g/mol. The first-order chi connectivity index (χ1) is 8.81. The Balaban J connectivity index is 2.05. The molecule has 0 fully saturated rings. The van der Waals surface area contributed by atoms with Crippen LogP contribution in [0.4, 0.5) is 0 Å². The summed E-state index contributed by atoms with van der Waals surface area (Å²) < 4.78 is 11.0. The molecule has 0 spiro atoms. The van der Waals surface area contributed by atoms with Crippen LogP contribution in [0, 0.1) is 0 Å². The summed E-state index contributed by atoms with van der Waals surface area (Å²) in [6.07, 6.45) is 1.39. The van der Waals surface area contributed by atoms with Crippen LogP contribution in [0.5, 0.6) is 11.5 Å². The van der Waals surface area contributed by atoms with Gasteiger partial charge < -0.3 is 19.9 Å². The zero-order valence-electron chi connectivity index (χ0n) is 10.1. The highest BCUT2D eigenvalue weighted by Crippen LogP contribution is 2.30. The van der Waals surface area contributed by atoms with Gasteiger partial charge in [-0.15, -0.1) is 0 Å². The van der Waals surface area contributed by atoms with E-state index in [9.17, 15) is 4.79 Å². The Kier molecular flexibility index (Phi) is 4.41. The van der Waals surface area contributed by atoms with Gasteiger partial charge in [0.15, 0.2) is 11.5 Å². The molecule has 0 atom stereocenters. The number of fused-ring (bicyclic) bond motifs is 1. The molecule has 1 aliphatic rings. The summed E-state index contributed by atoms with van der Waals surface area (Å²) in [5, 5.41) is 11.4. The topological polar surface area (TPSA) is 67.8 Å². The van der Waals surface area contributed by atoms with Crippen molar-refractivity contribution in [1.82, 2.24) is 5.32 Å². The minimum atomic E-state index is -0.168. The second-order valence-corrected chi connectivity index (χ2v) is 4.05. The smallest absolute Gasteiger partial charge is 0.251 e. The van der Waals surface area contributed by atoms with E-state index in [0.29, 0.717) is 43.2 Å². The number of nitrogens with one attached hydrogen (secondary N) is 1. The number of rotatable bonds is 4. The van der Waals surface area contributed by atoms with E-state index in [1.807, 2.05) is 0 Å². The average molecular weight is 251 g/mol. The molecule has 98 valence electrons. The molecule has 0 saturated heterocycles. The van der Waals surface area contributed by atoms with Crippen molar-refractivity contribution >= 4 is 5.91 Å². The zero-order valence-corrected chi connectivity index (χ0v) is 10.1. The van der Waals surface area contributed by atoms with Crippen LogP contribution in [-0.2, 0) is 0 Å². The number of carbonyl (C=O) groups excluding carboxylic acids is 1. The molecule has 1 heterocycles. The van der Waals surface area contributed by atoms with E-state index in [0.717, 1.165) is 6.42 Å². The van der Waals surface area contributed by atoms with Crippen molar-refractivity contribution < 1.29 is 19.4 Å². The first-order valence-electron chi connectivity index (χ1n) is 6.10. The summed E-state index contributed by atoms with van der Waals surface area (Å²) in [4.78, 5) is 11.8. The average Bonchev–Trinajstić information content (AvgIpc) is 2.63. The van der Waals surface area contributed by atoms with Crippen molar-refractivity contribution in [1.29, 1.82) is 0 Å². The molecule has 2 N–H and O–H groups in total. The van der Waals surface area contributed by atoms with Crippen molar-refractivity contribution in [3.05, 3.63) is 23.8 Å². The number of amides is 1. The zero-order chi connectivity index (χ0) is 12.8. The molecule has 1 aliphatic heterocycles. The van der Waals surface area contributed by atoms with E-state index >= 15 is 0 Å². The lowest BCUT2D eigenvalue weighted by Crippen LogP contribution is -2.25. The third-order valence-electron chi connectivity index (χ3n) is 2.63. The highest BCUT2D eigenvalue weighted by Gasteiger charge is 2.13. The third kappa shape index (κ3) is 3.13. The van der Waals surface area contributed by atoms with E-state index in [1.54, 1.807) is 18.2 Å². The molecule has 1 aromatic carbocycles. The predicted octanol–water partition coefficient (Wildman–Crippen LogP) is 0.960. The van der Waals surface area contributed by atoms with E-state index in [2.05, 4.69) is 5.32 Å². The fraction of sp³-hybridized carbons (Fsp3) is 0.462. The summed E-state index contributed by atoms with van der Waals surface area (Å²) in [5.74, 6) is 1.13. The number of aliphatic hydroxyl groups is 1. The van der Waals surface area contributed by atoms with Crippen LogP contribution in [0.2, 0.25) is 0 Å². The molecule has 1 amide bonds. The minimum Gasteiger partial charge on any atom is -0.490 e.